The van der Waals surface area contributed by atoms with Crippen LogP contribution >= 0.6 is 11.8 Å². The molecule has 0 amide bonds. The van der Waals surface area contributed by atoms with Crippen LogP contribution < -0.4 is 11.2 Å². The number of rotatable bonds is 5. The van der Waals surface area contributed by atoms with Gasteiger partial charge in [0.2, 0.25) is 0 Å². The Balaban J connectivity index is 1.61. The number of H-pyrrole nitrogens is 1. The van der Waals surface area contributed by atoms with Gasteiger partial charge in [-0.15, -0.1) is 11.8 Å². The summed E-state index contributed by atoms with van der Waals surface area (Å²) in [5, 5.41) is 21.6. The molecule has 28 heavy (non-hydrogen) atoms. The Bertz CT molecular complexity index is 1170. The zero-order chi connectivity index (χ0) is 19.7. The number of aromatic nitrogens is 2. The molecule has 0 fully saturated rings. The van der Waals surface area contributed by atoms with Gasteiger partial charge in [0.1, 0.15) is 11.9 Å². The highest BCUT2D eigenvalue weighted by Gasteiger charge is 2.39. The van der Waals surface area contributed by atoms with Crippen molar-refractivity contribution < 1.29 is 14.9 Å². The first-order valence-electron chi connectivity index (χ1n) is 8.67. The standard InChI is InChI=1S/C20H18N2O5S/c23-10-15-17(25)18(19(27-15)22-8-7-16(24)21-20(22)26)28-11-12-5-6-13-3-1-2-4-14(13)9-12/h1-9,18-19,23,25H,10-11H2,(H,21,24,26)/t18?,19-/m1/s1. The van der Waals surface area contributed by atoms with Crippen molar-refractivity contribution in [1.29, 1.82) is 0 Å². The molecule has 2 heterocycles. The maximum absolute atomic E-state index is 12.2. The molecule has 2 aromatic carbocycles. The number of ether oxygens (including phenoxy) is 1. The minimum atomic E-state index is -0.864. The van der Waals surface area contributed by atoms with E-state index < -0.39 is 29.3 Å². The minimum Gasteiger partial charge on any atom is -0.507 e. The molecule has 0 radical (unpaired) electrons. The third kappa shape index (κ3) is 3.44. The van der Waals surface area contributed by atoms with Gasteiger partial charge in [0.05, 0.1) is 0 Å². The van der Waals surface area contributed by atoms with E-state index in [1.165, 1.54) is 28.6 Å². The van der Waals surface area contributed by atoms with Gasteiger partial charge in [0.15, 0.2) is 17.7 Å². The van der Waals surface area contributed by atoms with E-state index in [1.807, 2.05) is 36.4 Å². The van der Waals surface area contributed by atoms with E-state index in [2.05, 4.69) is 11.1 Å². The van der Waals surface area contributed by atoms with Crippen LogP contribution in [0.15, 0.2) is 75.8 Å². The first kappa shape index (κ1) is 18.4. The lowest BCUT2D eigenvalue weighted by Gasteiger charge is -2.21. The van der Waals surface area contributed by atoms with E-state index >= 15 is 0 Å². The van der Waals surface area contributed by atoms with Crippen LogP contribution in [0.25, 0.3) is 10.8 Å². The molecule has 0 aliphatic carbocycles. The molecule has 3 N–H and O–H groups in total. The summed E-state index contributed by atoms with van der Waals surface area (Å²) in [4.78, 5) is 25.7. The molecule has 0 saturated carbocycles. The van der Waals surface area contributed by atoms with Gasteiger partial charge in [0, 0.05) is 18.0 Å². The normalized spacial score (nSPS) is 19.2. The first-order chi connectivity index (χ1) is 13.6. The molecule has 0 spiro atoms. The number of nitrogens with zero attached hydrogens (tertiary/aromatic N) is 1. The summed E-state index contributed by atoms with van der Waals surface area (Å²) in [5.41, 5.74) is -0.0958. The van der Waals surface area contributed by atoms with Crippen molar-refractivity contribution in [1.82, 2.24) is 9.55 Å². The van der Waals surface area contributed by atoms with E-state index in [1.54, 1.807) is 0 Å². The molecule has 8 heteroatoms. The van der Waals surface area contributed by atoms with Crippen molar-refractivity contribution in [2.45, 2.75) is 17.2 Å². The highest BCUT2D eigenvalue weighted by Crippen LogP contribution is 2.40. The molecule has 1 unspecified atom stereocenters. The maximum Gasteiger partial charge on any atom is 0.331 e. The summed E-state index contributed by atoms with van der Waals surface area (Å²) in [7, 11) is 0. The van der Waals surface area contributed by atoms with Crippen LogP contribution in [0.4, 0.5) is 0 Å². The second-order valence-electron chi connectivity index (χ2n) is 6.41. The van der Waals surface area contributed by atoms with Crippen LogP contribution in [0.1, 0.15) is 11.8 Å². The molecule has 4 rings (SSSR count). The zero-order valence-corrected chi connectivity index (χ0v) is 15.6. The number of hydrogen-bond donors (Lipinski definition) is 3. The van der Waals surface area contributed by atoms with Crippen molar-refractivity contribution in [2.75, 3.05) is 6.61 Å². The SMILES string of the molecule is O=c1ccn([C@@H]2OC(CO)=C(O)C2SCc2ccc3ccccc3c2)c(=O)[nH]1. The monoisotopic (exact) mass is 398 g/mol. The van der Waals surface area contributed by atoms with Crippen molar-refractivity contribution in [3.63, 3.8) is 0 Å². The molecule has 1 aromatic heterocycles. The second-order valence-corrected chi connectivity index (χ2v) is 7.54. The summed E-state index contributed by atoms with van der Waals surface area (Å²) >= 11 is 1.39. The quantitative estimate of drug-likeness (QED) is 0.609. The van der Waals surface area contributed by atoms with Crippen LogP contribution in [0.2, 0.25) is 0 Å². The number of aliphatic hydroxyl groups is 2. The second kappa shape index (κ2) is 7.57. The molecule has 0 saturated heterocycles. The number of hydrogen-bond acceptors (Lipinski definition) is 6. The molecule has 2 atom stereocenters. The zero-order valence-electron chi connectivity index (χ0n) is 14.7. The van der Waals surface area contributed by atoms with E-state index in [4.69, 9.17) is 4.74 Å². The average molecular weight is 398 g/mol. The Labute approximate surface area is 163 Å². The lowest BCUT2D eigenvalue weighted by Crippen LogP contribution is -2.35. The lowest BCUT2D eigenvalue weighted by atomic mass is 10.1. The number of fused-ring (bicyclic) bond motifs is 1. The van der Waals surface area contributed by atoms with E-state index in [-0.39, 0.29) is 11.5 Å². The van der Waals surface area contributed by atoms with Gasteiger partial charge in [-0.2, -0.15) is 0 Å². The summed E-state index contributed by atoms with van der Waals surface area (Å²) < 4.78 is 6.81. The largest absolute Gasteiger partial charge is 0.507 e. The average Bonchev–Trinajstić information content (AvgIpc) is 3.01. The van der Waals surface area contributed by atoms with Crippen LogP contribution in [0, 0.1) is 0 Å². The summed E-state index contributed by atoms with van der Waals surface area (Å²) in [5.74, 6) is 0.492. The Hall–Kier alpha value is -2.97. The molecule has 3 aromatic rings. The minimum absolute atomic E-state index is 0.0270. The van der Waals surface area contributed by atoms with Crippen molar-refractivity contribution in [3.05, 3.63) is 92.6 Å². The fourth-order valence-electron chi connectivity index (χ4n) is 3.19. The Kier molecular flexibility index (Phi) is 4.97. The highest BCUT2D eigenvalue weighted by atomic mass is 32.2. The predicted molar refractivity (Wildman–Crippen MR) is 107 cm³/mol. The predicted octanol–water partition coefficient (Wildman–Crippen LogP) is 2.28. The van der Waals surface area contributed by atoms with E-state index in [9.17, 15) is 19.8 Å². The van der Waals surface area contributed by atoms with Crippen LogP contribution in [0.5, 0.6) is 0 Å². The summed E-state index contributed by atoms with van der Waals surface area (Å²) in [6.07, 6.45) is 0.459. The fraction of sp³-hybridized carbons (Fsp3) is 0.200. The fourth-order valence-corrected chi connectivity index (χ4v) is 4.38. The Morgan fingerprint density at radius 3 is 2.64 bits per heavy atom. The smallest absolute Gasteiger partial charge is 0.331 e. The van der Waals surface area contributed by atoms with Gasteiger partial charge in [-0.3, -0.25) is 14.3 Å². The van der Waals surface area contributed by atoms with Crippen molar-refractivity contribution in [2.24, 2.45) is 0 Å². The number of nitrogens with one attached hydrogen (secondary N) is 1. The molecule has 144 valence electrons. The molecular formula is C20H18N2O5S. The van der Waals surface area contributed by atoms with Crippen molar-refractivity contribution in [3.8, 4) is 0 Å². The van der Waals surface area contributed by atoms with Crippen molar-refractivity contribution >= 4 is 22.5 Å². The molecule has 7 nitrogen and oxygen atoms in total. The maximum atomic E-state index is 12.2. The lowest BCUT2D eigenvalue weighted by molar-refractivity contribution is 0.0622. The van der Waals surface area contributed by atoms with Gasteiger partial charge < -0.3 is 14.9 Å². The first-order valence-corrected chi connectivity index (χ1v) is 9.72. The summed E-state index contributed by atoms with van der Waals surface area (Å²) in [6.45, 7) is -0.479. The van der Waals surface area contributed by atoms with Gasteiger partial charge in [-0.1, -0.05) is 42.5 Å². The number of thioether (sulfide) groups is 1. The number of aromatic amines is 1. The van der Waals surface area contributed by atoms with E-state index in [0.717, 1.165) is 16.3 Å². The molecule has 1 aliphatic rings. The van der Waals surface area contributed by atoms with Gasteiger partial charge in [-0.05, 0) is 16.3 Å². The number of benzene rings is 2. The highest BCUT2D eigenvalue weighted by molar-refractivity contribution is 7.99. The molecular weight excluding hydrogens is 380 g/mol. The van der Waals surface area contributed by atoms with Gasteiger partial charge >= 0.3 is 5.69 Å². The topological polar surface area (TPSA) is 105 Å². The van der Waals surface area contributed by atoms with E-state index in [0.29, 0.717) is 5.75 Å². The van der Waals surface area contributed by atoms with Crippen LogP contribution in [-0.4, -0.2) is 31.6 Å². The molecule has 1 aliphatic heterocycles. The number of aliphatic hydroxyl groups excluding tert-OH is 2. The van der Waals surface area contributed by atoms with Crippen LogP contribution in [-0.2, 0) is 10.5 Å². The summed E-state index contributed by atoms with van der Waals surface area (Å²) in [6, 6.07) is 15.4. The Morgan fingerprint density at radius 2 is 1.89 bits per heavy atom. The van der Waals surface area contributed by atoms with Gasteiger partial charge in [-0.25, -0.2) is 4.79 Å². The molecule has 0 bridgehead atoms. The van der Waals surface area contributed by atoms with Crippen LogP contribution in [0.3, 0.4) is 0 Å². The van der Waals surface area contributed by atoms with Gasteiger partial charge in [0.25, 0.3) is 5.56 Å². The third-order valence-electron chi connectivity index (χ3n) is 4.59. The Morgan fingerprint density at radius 1 is 1.11 bits per heavy atom. The third-order valence-corrected chi connectivity index (χ3v) is 5.90.